The summed E-state index contributed by atoms with van der Waals surface area (Å²) >= 11 is 0. The van der Waals surface area contributed by atoms with Gasteiger partial charge in [0.2, 0.25) is 0 Å². The minimum absolute atomic E-state index is 0.0859. The number of ketones is 2. The number of carbonyl (C=O) groups is 6. The van der Waals surface area contributed by atoms with Crippen LogP contribution in [0.5, 0.6) is 0 Å². The lowest BCUT2D eigenvalue weighted by molar-refractivity contribution is -0.352. The van der Waals surface area contributed by atoms with Gasteiger partial charge >= 0.3 is 23.9 Å². The summed E-state index contributed by atoms with van der Waals surface area (Å²) < 4.78 is 50.6. The van der Waals surface area contributed by atoms with E-state index in [-0.39, 0.29) is 37.4 Å². The fourth-order valence-corrected chi connectivity index (χ4v) is 10.3. The summed E-state index contributed by atoms with van der Waals surface area (Å²) in [5, 5.41) is 13.6. The second kappa shape index (κ2) is 17.0. The molecule has 2 bridgehead atoms. The van der Waals surface area contributed by atoms with Gasteiger partial charge in [-0.05, 0) is 66.5 Å². The van der Waals surface area contributed by atoms with E-state index in [4.69, 9.17) is 28.4 Å². The van der Waals surface area contributed by atoms with Gasteiger partial charge in [-0.25, -0.2) is 9.18 Å². The summed E-state index contributed by atoms with van der Waals surface area (Å²) in [5.41, 5.74) is -4.57. The summed E-state index contributed by atoms with van der Waals surface area (Å²) in [4.78, 5) is 81.6. The fourth-order valence-electron chi connectivity index (χ4n) is 10.3. The maximum absolute atomic E-state index is 15.9. The van der Waals surface area contributed by atoms with E-state index >= 15 is 4.79 Å². The molecule has 13 nitrogen and oxygen atoms in total. The van der Waals surface area contributed by atoms with Crippen LogP contribution in [0.2, 0.25) is 0 Å². The molecule has 4 aliphatic rings. The van der Waals surface area contributed by atoms with Crippen molar-refractivity contribution in [3.05, 3.63) is 124 Å². The number of aliphatic hydroxyl groups is 1. The van der Waals surface area contributed by atoms with Gasteiger partial charge in [-0.2, -0.15) is 0 Å². The van der Waals surface area contributed by atoms with Crippen molar-refractivity contribution in [3.8, 4) is 0 Å². The third-order valence-corrected chi connectivity index (χ3v) is 13.4. The molecule has 2 saturated carbocycles. The van der Waals surface area contributed by atoms with Gasteiger partial charge in [0.05, 0.1) is 24.7 Å². The number of esters is 4. The zero-order valence-corrected chi connectivity index (χ0v) is 36.2. The quantitative estimate of drug-likeness (QED) is 0.0757. The molecule has 1 N–H and O–H groups in total. The lowest BCUT2D eigenvalue weighted by Gasteiger charge is -2.68. The van der Waals surface area contributed by atoms with Crippen LogP contribution in [0.3, 0.4) is 0 Å². The molecule has 0 aromatic heterocycles. The van der Waals surface area contributed by atoms with Gasteiger partial charge in [0.15, 0.2) is 23.3 Å². The first kappa shape index (κ1) is 45.2. The highest BCUT2D eigenvalue weighted by Crippen LogP contribution is 2.65. The lowest BCUT2D eigenvalue weighted by atomic mass is 9.44. The van der Waals surface area contributed by atoms with Gasteiger partial charge in [0.25, 0.3) is 0 Å². The molecule has 14 heteroatoms. The Kier molecular flexibility index (Phi) is 12.2. The van der Waals surface area contributed by atoms with Crippen LogP contribution in [0.25, 0.3) is 6.08 Å². The molecule has 63 heavy (non-hydrogen) atoms. The molecule has 0 amide bonds. The number of benzene rings is 3. The summed E-state index contributed by atoms with van der Waals surface area (Å²) in [6.45, 7) is 9.89. The topological polar surface area (TPSA) is 178 Å². The SMILES string of the molecule is CC(=O)O[C@H]1C(=O)[C@]2(C)[C@@H](OC(=O)/C=C/c3ccc(C(=O)c4ccc(F)cc4)cc3)C[C@H]3OC[C@@]3(OC(C)=O)[C@H]2[C@H](OCc2ccccc2)[C@]2(O)C[C@H](OC(C)=O)C(C)=C1C2(C)C. The summed E-state index contributed by atoms with van der Waals surface area (Å²) in [5.74, 6) is -5.88. The van der Waals surface area contributed by atoms with Gasteiger partial charge in [0, 0.05) is 62.1 Å². The Balaban J connectivity index is 1.34. The number of hydrogen-bond donors (Lipinski definition) is 1. The minimum atomic E-state index is -2.05. The normalized spacial score (nSPS) is 30.7. The molecule has 332 valence electrons. The van der Waals surface area contributed by atoms with E-state index in [0.717, 1.165) is 13.0 Å². The molecule has 9 atom stereocenters. The average Bonchev–Trinajstić information content (AvgIpc) is 3.22. The van der Waals surface area contributed by atoms with Crippen LogP contribution in [0.4, 0.5) is 4.39 Å². The van der Waals surface area contributed by atoms with Gasteiger partial charge in [-0.3, -0.25) is 24.0 Å². The van der Waals surface area contributed by atoms with Gasteiger partial charge in [0.1, 0.15) is 29.7 Å². The van der Waals surface area contributed by atoms with Crippen molar-refractivity contribution in [2.75, 3.05) is 6.61 Å². The van der Waals surface area contributed by atoms with E-state index in [2.05, 4.69) is 0 Å². The Labute approximate surface area is 364 Å². The second-order valence-corrected chi connectivity index (χ2v) is 17.6. The zero-order chi connectivity index (χ0) is 45.6. The number of hydrogen-bond acceptors (Lipinski definition) is 13. The van der Waals surface area contributed by atoms with Crippen LogP contribution in [0.1, 0.15) is 88.4 Å². The maximum atomic E-state index is 15.9. The Morgan fingerprint density at radius 1 is 0.841 bits per heavy atom. The average molecular weight is 867 g/mol. The minimum Gasteiger partial charge on any atom is -0.458 e. The lowest BCUT2D eigenvalue weighted by Crippen LogP contribution is -2.82. The number of rotatable bonds is 11. The molecule has 1 saturated heterocycles. The van der Waals surface area contributed by atoms with Gasteiger partial charge in [-0.15, -0.1) is 0 Å². The van der Waals surface area contributed by atoms with Crippen molar-refractivity contribution >= 4 is 41.5 Å². The number of fused-ring (bicyclic) bond motifs is 5. The smallest absolute Gasteiger partial charge is 0.331 e. The molecule has 0 spiro atoms. The first-order valence-electron chi connectivity index (χ1n) is 20.8. The van der Waals surface area contributed by atoms with Crippen LogP contribution in [0.15, 0.2) is 96.1 Å². The largest absolute Gasteiger partial charge is 0.458 e. The molecule has 1 heterocycles. The molecular weight excluding hydrogens is 816 g/mol. The van der Waals surface area contributed by atoms with Crippen molar-refractivity contribution in [1.29, 1.82) is 0 Å². The van der Waals surface area contributed by atoms with E-state index in [1.165, 1.54) is 44.2 Å². The molecular formula is C49H51FO13. The van der Waals surface area contributed by atoms with Gasteiger partial charge in [-0.1, -0.05) is 68.4 Å². The van der Waals surface area contributed by atoms with E-state index in [9.17, 15) is 33.5 Å². The number of Topliss-reactive ketones (excluding diaryl/α,β-unsaturated/α-hetero) is 1. The summed E-state index contributed by atoms with van der Waals surface area (Å²) in [6, 6.07) is 20.6. The molecule has 3 aromatic carbocycles. The van der Waals surface area contributed by atoms with E-state index in [1.54, 1.807) is 52.0 Å². The standard InChI is InChI=1S/C49H51FO13/c1-27-36(60-28(2)51)24-49(57)45(58-25-32-11-9-8-10-12-32)43-47(7,44(56)42(61-29(3)52)40(27)46(49,5)6)37(23-38-48(43,26-59-38)63-30(4)53)62-39(54)22-15-31-13-16-33(17-14-31)41(55)34-18-20-35(50)21-19-34/h8-22,36-38,42-43,45,57H,23-26H2,1-7H3/b22-15+/t36-,37-,38+,42+,43-,45-,47+,48-,49+/m0/s1. The van der Waals surface area contributed by atoms with Crippen LogP contribution in [0, 0.1) is 22.6 Å². The molecule has 0 radical (unpaired) electrons. The molecule has 0 unspecified atom stereocenters. The maximum Gasteiger partial charge on any atom is 0.331 e. The molecule has 3 fully saturated rings. The third-order valence-electron chi connectivity index (χ3n) is 13.4. The van der Waals surface area contributed by atoms with Crippen LogP contribution in [-0.2, 0) is 59.0 Å². The molecule has 3 aromatic rings. The fraction of sp³-hybridized carbons (Fsp3) is 0.429. The Morgan fingerprint density at radius 2 is 1.46 bits per heavy atom. The first-order chi connectivity index (χ1) is 29.7. The van der Waals surface area contributed by atoms with Crippen molar-refractivity contribution < 1.29 is 66.7 Å². The van der Waals surface area contributed by atoms with Gasteiger partial charge < -0.3 is 33.5 Å². The number of carbonyl (C=O) groups excluding carboxylic acids is 6. The second-order valence-electron chi connectivity index (χ2n) is 17.6. The van der Waals surface area contributed by atoms with Crippen molar-refractivity contribution in [3.63, 3.8) is 0 Å². The highest BCUT2D eigenvalue weighted by molar-refractivity contribution is 6.09. The van der Waals surface area contributed by atoms with Crippen LogP contribution in [-0.4, -0.2) is 88.9 Å². The van der Waals surface area contributed by atoms with Crippen molar-refractivity contribution in [1.82, 2.24) is 0 Å². The van der Waals surface area contributed by atoms with Crippen molar-refractivity contribution in [2.45, 2.75) is 110 Å². The Hall–Kier alpha value is -5.83. The van der Waals surface area contributed by atoms with E-state index in [1.807, 2.05) is 30.3 Å². The Morgan fingerprint density at radius 3 is 2.03 bits per heavy atom. The molecule has 7 rings (SSSR count). The molecule has 3 aliphatic carbocycles. The highest BCUT2D eigenvalue weighted by Gasteiger charge is 2.78. The first-order valence-corrected chi connectivity index (χ1v) is 20.8. The molecule has 1 aliphatic heterocycles. The monoisotopic (exact) mass is 866 g/mol. The zero-order valence-electron chi connectivity index (χ0n) is 36.2. The van der Waals surface area contributed by atoms with E-state index < -0.39 is 93.9 Å². The van der Waals surface area contributed by atoms with E-state index in [0.29, 0.717) is 27.8 Å². The predicted octanol–water partition coefficient (Wildman–Crippen LogP) is 6.22. The predicted molar refractivity (Wildman–Crippen MR) is 223 cm³/mol. The number of halogens is 1. The van der Waals surface area contributed by atoms with Crippen LogP contribution >= 0.6 is 0 Å². The number of ether oxygens (including phenoxy) is 6. The van der Waals surface area contributed by atoms with Crippen LogP contribution < -0.4 is 0 Å². The summed E-state index contributed by atoms with van der Waals surface area (Å²) in [6.07, 6.45) is -4.24. The van der Waals surface area contributed by atoms with Crippen molar-refractivity contribution in [2.24, 2.45) is 16.7 Å². The summed E-state index contributed by atoms with van der Waals surface area (Å²) in [7, 11) is 0. The third kappa shape index (κ3) is 8.04. The Bertz CT molecular complexity index is 2370. The highest BCUT2D eigenvalue weighted by atomic mass is 19.1.